The van der Waals surface area contributed by atoms with Gasteiger partial charge in [0.1, 0.15) is 16.7 Å². The van der Waals surface area contributed by atoms with E-state index in [1.54, 1.807) is 24.3 Å². The minimum absolute atomic E-state index is 0.114. The lowest BCUT2D eigenvalue weighted by Gasteiger charge is -2.04. The van der Waals surface area contributed by atoms with Gasteiger partial charge in [0.2, 0.25) is 0 Å². The van der Waals surface area contributed by atoms with E-state index in [0.29, 0.717) is 22.8 Å². The van der Waals surface area contributed by atoms with Crippen LogP contribution in [-0.2, 0) is 11.4 Å². The van der Waals surface area contributed by atoms with E-state index in [-0.39, 0.29) is 12.2 Å². The Hall–Kier alpha value is -1.46. The molecule has 0 radical (unpaired) electrons. The first-order chi connectivity index (χ1) is 8.15. The van der Waals surface area contributed by atoms with Crippen molar-refractivity contribution in [3.8, 4) is 0 Å². The molecule has 2 aromatic rings. The highest BCUT2D eigenvalue weighted by Crippen LogP contribution is 2.22. The van der Waals surface area contributed by atoms with Gasteiger partial charge in [0.05, 0.1) is 12.2 Å². The average molecular weight is 297 g/mol. The molecule has 1 aromatic heterocycles. The zero-order valence-electron chi connectivity index (χ0n) is 8.72. The number of hydrogen-bond donors (Lipinski definition) is 1. The lowest BCUT2D eigenvalue weighted by atomic mass is 10.1. The number of benzene rings is 1. The SMILES string of the molecule is O=CC(Br)c1cc2ccc(CO)cc2oc1=O. The molecule has 0 aliphatic carbocycles. The highest BCUT2D eigenvalue weighted by molar-refractivity contribution is 9.09. The summed E-state index contributed by atoms with van der Waals surface area (Å²) in [5.74, 6) is 0. The van der Waals surface area contributed by atoms with Crippen LogP contribution in [0, 0.1) is 0 Å². The molecular formula is C12H9BrO4. The molecular weight excluding hydrogens is 288 g/mol. The number of halogens is 1. The minimum Gasteiger partial charge on any atom is -0.422 e. The Morgan fingerprint density at radius 3 is 2.82 bits per heavy atom. The summed E-state index contributed by atoms with van der Waals surface area (Å²) in [6.45, 7) is -0.114. The van der Waals surface area contributed by atoms with Crippen molar-refractivity contribution in [3.63, 3.8) is 0 Å². The Bertz CT molecular complexity index is 617. The van der Waals surface area contributed by atoms with E-state index in [9.17, 15) is 9.59 Å². The van der Waals surface area contributed by atoms with Crippen LogP contribution in [0.4, 0.5) is 0 Å². The van der Waals surface area contributed by atoms with Crippen LogP contribution in [0.3, 0.4) is 0 Å². The summed E-state index contributed by atoms with van der Waals surface area (Å²) in [7, 11) is 0. The van der Waals surface area contributed by atoms with E-state index < -0.39 is 10.5 Å². The van der Waals surface area contributed by atoms with Crippen LogP contribution in [-0.4, -0.2) is 11.4 Å². The van der Waals surface area contributed by atoms with Crippen molar-refractivity contribution in [2.45, 2.75) is 11.4 Å². The number of rotatable bonds is 3. The van der Waals surface area contributed by atoms with Crippen LogP contribution in [0.2, 0.25) is 0 Å². The first-order valence-corrected chi connectivity index (χ1v) is 5.84. The molecule has 1 atom stereocenters. The largest absolute Gasteiger partial charge is 0.422 e. The molecule has 0 saturated heterocycles. The average Bonchev–Trinajstić information content (AvgIpc) is 2.36. The summed E-state index contributed by atoms with van der Waals surface area (Å²) in [4.78, 5) is 21.6. The van der Waals surface area contributed by atoms with Crippen LogP contribution in [0.15, 0.2) is 33.5 Å². The van der Waals surface area contributed by atoms with E-state index in [1.807, 2.05) is 0 Å². The van der Waals surface area contributed by atoms with Gasteiger partial charge in [-0.25, -0.2) is 4.79 Å². The second kappa shape index (κ2) is 4.81. The third-order valence-corrected chi connectivity index (χ3v) is 3.14. The fourth-order valence-corrected chi connectivity index (χ4v) is 1.85. The molecule has 1 aromatic carbocycles. The Morgan fingerprint density at radius 2 is 2.18 bits per heavy atom. The molecule has 5 heteroatoms. The lowest BCUT2D eigenvalue weighted by molar-refractivity contribution is -0.107. The molecule has 0 amide bonds. The number of alkyl halides is 1. The standard InChI is InChI=1S/C12H9BrO4/c13-10(6-15)9-4-8-2-1-7(5-14)3-11(8)17-12(9)16/h1-4,6,10,14H,5H2. The third kappa shape index (κ3) is 2.30. The summed E-state index contributed by atoms with van der Waals surface area (Å²) in [5, 5.41) is 9.68. The highest BCUT2D eigenvalue weighted by Gasteiger charge is 2.13. The molecule has 4 nitrogen and oxygen atoms in total. The maximum absolute atomic E-state index is 11.6. The lowest BCUT2D eigenvalue weighted by Crippen LogP contribution is -2.09. The van der Waals surface area contributed by atoms with Crippen LogP contribution >= 0.6 is 15.9 Å². The summed E-state index contributed by atoms with van der Waals surface area (Å²) in [5.41, 5.74) is 0.779. The molecule has 88 valence electrons. The quantitative estimate of drug-likeness (QED) is 0.534. The summed E-state index contributed by atoms with van der Waals surface area (Å²) < 4.78 is 5.10. The smallest absolute Gasteiger partial charge is 0.341 e. The topological polar surface area (TPSA) is 67.5 Å². The number of aliphatic hydroxyl groups excluding tert-OH is 1. The molecule has 0 aliphatic rings. The van der Waals surface area contributed by atoms with E-state index in [4.69, 9.17) is 9.52 Å². The van der Waals surface area contributed by atoms with Crippen molar-refractivity contribution in [1.82, 2.24) is 0 Å². The number of carbonyl (C=O) groups excluding carboxylic acids is 1. The summed E-state index contributed by atoms with van der Waals surface area (Å²) in [6, 6.07) is 6.68. The maximum atomic E-state index is 11.6. The van der Waals surface area contributed by atoms with Gasteiger partial charge < -0.3 is 14.3 Å². The third-order valence-electron chi connectivity index (χ3n) is 2.43. The number of aldehydes is 1. The molecule has 0 spiro atoms. The second-order valence-corrected chi connectivity index (χ2v) is 4.54. The van der Waals surface area contributed by atoms with Gasteiger partial charge in [0, 0.05) is 5.39 Å². The molecule has 17 heavy (non-hydrogen) atoms. The van der Waals surface area contributed by atoms with Gasteiger partial charge in [-0.2, -0.15) is 0 Å². The zero-order valence-corrected chi connectivity index (χ0v) is 10.3. The number of carbonyl (C=O) groups is 1. The van der Waals surface area contributed by atoms with E-state index in [2.05, 4.69) is 15.9 Å². The molecule has 0 fully saturated rings. The highest BCUT2D eigenvalue weighted by atomic mass is 79.9. The predicted molar refractivity (Wildman–Crippen MR) is 66.1 cm³/mol. The molecule has 0 saturated carbocycles. The molecule has 0 bridgehead atoms. The molecule has 2 rings (SSSR count). The van der Waals surface area contributed by atoms with Gasteiger partial charge in [-0.15, -0.1) is 0 Å². The van der Waals surface area contributed by atoms with Gasteiger partial charge in [-0.3, -0.25) is 0 Å². The predicted octanol–water partition coefficient (Wildman–Crippen LogP) is 1.92. The Balaban J connectivity index is 2.66. The Labute approximate surface area is 105 Å². The van der Waals surface area contributed by atoms with Crippen LogP contribution in [0.5, 0.6) is 0 Å². The molecule has 0 aliphatic heterocycles. The van der Waals surface area contributed by atoms with Crippen molar-refractivity contribution >= 4 is 33.2 Å². The van der Waals surface area contributed by atoms with Crippen molar-refractivity contribution in [3.05, 3.63) is 45.8 Å². The number of hydrogen-bond acceptors (Lipinski definition) is 4. The van der Waals surface area contributed by atoms with Crippen molar-refractivity contribution in [2.75, 3.05) is 0 Å². The van der Waals surface area contributed by atoms with Gasteiger partial charge in [-0.05, 0) is 17.7 Å². The van der Waals surface area contributed by atoms with E-state index >= 15 is 0 Å². The van der Waals surface area contributed by atoms with Crippen LogP contribution < -0.4 is 5.63 Å². The normalized spacial score (nSPS) is 12.6. The van der Waals surface area contributed by atoms with Gasteiger partial charge in [0.25, 0.3) is 0 Å². The monoisotopic (exact) mass is 296 g/mol. The molecule has 1 unspecified atom stereocenters. The minimum atomic E-state index is -0.666. The first kappa shape index (κ1) is 12.0. The molecule has 1 N–H and O–H groups in total. The summed E-state index contributed by atoms with van der Waals surface area (Å²) >= 11 is 3.08. The zero-order chi connectivity index (χ0) is 12.4. The van der Waals surface area contributed by atoms with Crippen molar-refractivity contribution in [1.29, 1.82) is 0 Å². The van der Waals surface area contributed by atoms with E-state index in [1.165, 1.54) is 0 Å². The number of fused-ring (bicyclic) bond motifs is 1. The van der Waals surface area contributed by atoms with Gasteiger partial charge in [-0.1, -0.05) is 28.1 Å². The van der Waals surface area contributed by atoms with Crippen molar-refractivity contribution in [2.24, 2.45) is 0 Å². The molecule has 1 heterocycles. The van der Waals surface area contributed by atoms with Crippen molar-refractivity contribution < 1.29 is 14.3 Å². The van der Waals surface area contributed by atoms with Gasteiger partial charge in [0.15, 0.2) is 0 Å². The van der Waals surface area contributed by atoms with E-state index in [0.717, 1.165) is 0 Å². The van der Waals surface area contributed by atoms with Gasteiger partial charge >= 0.3 is 5.63 Å². The van der Waals surface area contributed by atoms with Crippen LogP contribution in [0.1, 0.15) is 16.0 Å². The van der Waals surface area contributed by atoms with Crippen LogP contribution in [0.25, 0.3) is 11.0 Å². The number of aliphatic hydroxyl groups is 1. The summed E-state index contributed by atoms with van der Waals surface area (Å²) in [6.07, 6.45) is 0.625. The Kier molecular flexibility index (Phi) is 3.40. The maximum Gasteiger partial charge on any atom is 0.341 e. The second-order valence-electron chi connectivity index (χ2n) is 3.56. The fraction of sp³-hybridized carbons (Fsp3) is 0.167. The first-order valence-electron chi connectivity index (χ1n) is 4.92. The Morgan fingerprint density at radius 1 is 1.41 bits per heavy atom. The fourth-order valence-electron chi connectivity index (χ4n) is 1.54.